The average molecular weight is 489 g/mol. The van der Waals surface area contributed by atoms with Crippen molar-refractivity contribution in [3.63, 3.8) is 0 Å². The molecule has 36 heavy (non-hydrogen) atoms. The van der Waals surface area contributed by atoms with Crippen molar-refractivity contribution in [3.05, 3.63) is 81.3 Å². The zero-order chi connectivity index (χ0) is 25.4. The maximum absolute atomic E-state index is 13.4. The van der Waals surface area contributed by atoms with Crippen molar-refractivity contribution < 1.29 is 14.3 Å². The van der Waals surface area contributed by atoms with Gasteiger partial charge in [-0.3, -0.25) is 19.0 Å². The second-order valence-corrected chi connectivity index (χ2v) is 8.46. The van der Waals surface area contributed by atoms with E-state index in [4.69, 9.17) is 4.74 Å². The van der Waals surface area contributed by atoms with E-state index in [-0.39, 0.29) is 23.6 Å². The molecule has 0 saturated carbocycles. The number of imidazole rings is 1. The third-order valence-electron chi connectivity index (χ3n) is 6.00. The fraction of sp³-hybridized carbons (Fsp3) is 0.240. The summed E-state index contributed by atoms with van der Waals surface area (Å²) in [4.78, 5) is 55.8. The number of ether oxygens (including phenoxy) is 1. The lowest BCUT2D eigenvalue weighted by atomic mass is 10.2. The first-order valence-electron chi connectivity index (χ1n) is 11.5. The molecular weight excluding hydrogens is 464 g/mol. The van der Waals surface area contributed by atoms with Crippen molar-refractivity contribution in [2.45, 2.75) is 39.6 Å². The number of amides is 2. The molecule has 0 spiro atoms. The SMILES string of the molecule is CCn1cnc2c1c(=O)n(CC(=O)Nc1ccc3c(c1)NC(=O)[C@H](C)O3)c(=O)n2Cc1ccccc1. The molecule has 2 N–H and O–H groups in total. The number of hydrogen-bond donors (Lipinski definition) is 2. The first-order valence-corrected chi connectivity index (χ1v) is 11.5. The Kier molecular flexibility index (Phi) is 5.88. The van der Waals surface area contributed by atoms with Gasteiger partial charge in [0.1, 0.15) is 12.3 Å². The van der Waals surface area contributed by atoms with Gasteiger partial charge in [-0.1, -0.05) is 30.3 Å². The topological polar surface area (TPSA) is 129 Å². The van der Waals surface area contributed by atoms with Crippen LogP contribution < -0.4 is 26.6 Å². The number of nitrogens with one attached hydrogen (secondary N) is 2. The predicted molar refractivity (Wildman–Crippen MR) is 133 cm³/mol. The van der Waals surface area contributed by atoms with Gasteiger partial charge in [-0.2, -0.15) is 0 Å². The quantitative estimate of drug-likeness (QED) is 0.426. The minimum Gasteiger partial charge on any atom is -0.479 e. The molecule has 184 valence electrons. The van der Waals surface area contributed by atoms with Crippen LogP contribution in [0.5, 0.6) is 5.75 Å². The van der Waals surface area contributed by atoms with Crippen LogP contribution in [0.1, 0.15) is 19.4 Å². The summed E-state index contributed by atoms with van der Waals surface area (Å²) >= 11 is 0. The van der Waals surface area contributed by atoms with Gasteiger partial charge in [0.15, 0.2) is 17.3 Å². The number of aryl methyl sites for hydroxylation is 1. The Morgan fingerprint density at radius 1 is 1.11 bits per heavy atom. The van der Waals surface area contributed by atoms with E-state index in [1.165, 1.54) is 10.9 Å². The normalized spacial score (nSPS) is 14.7. The Labute approximate surface area is 204 Å². The highest BCUT2D eigenvalue weighted by Gasteiger charge is 2.24. The number of hydrogen-bond acceptors (Lipinski definition) is 6. The molecule has 11 heteroatoms. The smallest absolute Gasteiger partial charge is 0.333 e. The number of anilines is 2. The van der Waals surface area contributed by atoms with Crippen molar-refractivity contribution in [1.82, 2.24) is 18.7 Å². The van der Waals surface area contributed by atoms with Crippen molar-refractivity contribution >= 4 is 34.4 Å². The molecule has 3 heterocycles. The molecule has 0 fully saturated rings. The van der Waals surface area contributed by atoms with Crippen molar-refractivity contribution in [1.29, 1.82) is 0 Å². The summed E-state index contributed by atoms with van der Waals surface area (Å²) in [6.45, 7) is 3.68. The molecule has 0 radical (unpaired) electrons. The van der Waals surface area contributed by atoms with Gasteiger partial charge in [0.05, 0.1) is 18.6 Å². The zero-order valence-corrected chi connectivity index (χ0v) is 19.7. The number of carbonyl (C=O) groups is 2. The molecule has 4 aromatic rings. The highest BCUT2D eigenvalue weighted by atomic mass is 16.5. The molecule has 2 amide bonds. The Balaban J connectivity index is 1.48. The standard InChI is InChI=1S/C25H24N6O5/c1-3-29-14-26-22-21(29)24(34)31(25(35)30(22)12-16-7-5-4-6-8-16)13-20(32)27-17-9-10-19-18(11-17)28-23(33)15(2)36-19/h4-11,14-15H,3,12-13H2,1-2H3,(H,27,32)(H,28,33)/t15-/m0/s1. The van der Waals surface area contributed by atoms with Gasteiger partial charge < -0.3 is 19.9 Å². The van der Waals surface area contributed by atoms with Crippen LogP contribution >= 0.6 is 0 Å². The first kappa shape index (κ1) is 23.1. The summed E-state index contributed by atoms with van der Waals surface area (Å²) < 4.78 is 9.50. The summed E-state index contributed by atoms with van der Waals surface area (Å²) in [5, 5.41) is 5.40. The van der Waals surface area contributed by atoms with E-state index in [0.29, 0.717) is 23.7 Å². The Bertz CT molecular complexity index is 1600. The first-order chi connectivity index (χ1) is 17.4. The van der Waals surface area contributed by atoms with Gasteiger partial charge in [0, 0.05) is 12.2 Å². The van der Waals surface area contributed by atoms with Crippen LogP contribution in [0, 0.1) is 0 Å². The molecule has 2 aromatic carbocycles. The largest absolute Gasteiger partial charge is 0.479 e. The van der Waals surface area contributed by atoms with E-state index in [9.17, 15) is 19.2 Å². The highest BCUT2D eigenvalue weighted by Crippen LogP contribution is 2.32. The maximum atomic E-state index is 13.4. The number of nitrogens with zero attached hydrogens (tertiary/aromatic N) is 4. The van der Waals surface area contributed by atoms with Crippen LogP contribution in [0.15, 0.2) is 64.4 Å². The van der Waals surface area contributed by atoms with Crippen LogP contribution in [0.4, 0.5) is 11.4 Å². The number of carbonyl (C=O) groups excluding carboxylic acids is 2. The average Bonchev–Trinajstić information content (AvgIpc) is 3.30. The lowest BCUT2D eigenvalue weighted by Crippen LogP contribution is -2.43. The van der Waals surface area contributed by atoms with Crippen molar-refractivity contribution in [3.8, 4) is 5.75 Å². The lowest BCUT2D eigenvalue weighted by Gasteiger charge is -2.23. The van der Waals surface area contributed by atoms with Crippen molar-refractivity contribution in [2.24, 2.45) is 0 Å². The maximum Gasteiger partial charge on any atom is 0.333 e. The number of rotatable bonds is 6. The summed E-state index contributed by atoms with van der Waals surface area (Å²) in [6.07, 6.45) is 0.899. The molecule has 1 atom stereocenters. The molecule has 1 aliphatic heterocycles. The van der Waals surface area contributed by atoms with E-state index in [1.54, 1.807) is 29.7 Å². The van der Waals surface area contributed by atoms with Gasteiger partial charge in [0.2, 0.25) is 5.91 Å². The van der Waals surface area contributed by atoms with Gasteiger partial charge in [-0.25, -0.2) is 14.3 Å². The molecule has 5 rings (SSSR count). The van der Waals surface area contributed by atoms with E-state index in [0.717, 1.165) is 10.1 Å². The van der Waals surface area contributed by atoms with E-state index in [1.807, 2.05) is 37.3 Å². The minimum atomic E-state index is -0.632. The zero-order valence-electron chi connectivity index (χ0n) is 19.7. The molecule has 0 bridgehead atoms. The summed E-state index contributed by atoms with van der Waals surface area (Å²) in [7, 11) is 0. The van der Waals surface area contributed by atoms with Crippen LogP contribution in [0.2, 0.25) is 0 Å². The third-order valence-corrected chi connectivity index (χ3v) is 6.00. The Hall–Kier alpha value is -4.67. The van der Waals surface area contributed by atoms with Gasteiger partial charge in [0.25, 0.3) is 11.5 Å². The van der Waals surface area contributed by atoms with E-state index in [2.05, 4.69) is 15.6 Å². The van der Waals surface area contributed by atoms with Crippen molar-refractivity contribution in [2.75, 3.05) is 10.6 Å². The summed E-state index contributed by atoms with van der Waals surface area (Å²) in [6, 6.07) is 14.1. The second-order valence-electron chi connectivity index (χ2n) is 8.46. The van der Waals surface area contributed by atoms with Crippen LogP contribution in [-0.4, -0.2) is 36.6 Å². The number of fused-ring (bicyclic) bond motifs is 2. The van der Waals surface area contributed by atoms with Gasteiger partial charge in [-0.15, -0.1) is 0 Å². The second kappa shape index (κ2) is 9.17. The van der Waals surface area contributed by atoms with Crippen LogP contribution in [0.3, 0.4) is 0 Å². The fourth-order valence-corrected chi connectivity index (χ4v) is 4.16. The molecule has 0 aliphatic carbocycles. The molecule has 0 unspecified atom stereocenters. The van der Waals surface area contributed by atoms with Gasteiger partial charge in [-0.05, 0) is 37.6 Å². The highest BCUT2D eigenvalue weighted by molar-refractivity contribution is 5.99. The summed E-state index contributed by atoms with van der Waals surface area (Å²) in [5.41, 5.74) is 0.966. The lowest BCUT2D eigenvalue weighted by molar-refractivity contribution is -0.122. The summed E-state index contributed by atoms with van der Waals surface area (Å²) in [5.74, 6) is -0.380. The Morgan fingerprint density at radius 2 is 1.89 bits per heavy atom. The molecule has 1 aliphatic rings. The van der Waals surface area contributed by atoms with E-state index < -0.39 is 29.8 Å². The van der Waals surface area contributed by atoms with Gasteiger partial charge >= 0.3 is 5.69 Å². The third kappa shape index (κ3) is 4.15. The number of aromatic nitrogens is 4. The minimum absolute atomic E-state index is 0.196. The number of benzene rings is 2. The molecule has 0 saturated heterocycles. The van der Waals surface area contributed by atoms with E-state index >= 15 is 0 Å². The molecule has 2 aromatic heterocycles. The molecule has 11 nitrogen and oxygen atoms in total. The Morgan fingerprint density at radius 3 is 2.64 bits per heavy atom. The molecular formula is C25H24N6O5. The predicted octanol–water partition coefficient (Wildman–Crippen LogP) is 1.79. The monoisotopic (exact) mass is 488 g/mol. The van der Waals surface area contributed by atoms with Crippen LogP contribution in [-0.2, 0) is 29.2 Å². The fourth-order valence-electron chi connectivity index (χ4n) is 4.16. The van der Waals surface area contributed by atoms with Crippen LogP contribution in [0.25, 0.3) is 11.2 Å².